The van der Waals surface area contributed by atoms with Crippen LogP contribution in [-0.2, 0) is 12.0 Å². The number of ether oxygens (including phenoxy) is 2. The summed E-state index contributed by atoms with van der Waals surface area (Å²) in [5.41, 5.74) is 8.46. The Hall–Kier alpha value is -2.00. The number of hydrogen-bond donors (Lipinski definition) is 1. The summed E-state index contributed by atoms with van der Waals surface area (Å²) in [7, 11) is 3.35. The van der Waals surface area contributed by atoms with Crippen molar-refractivity contribution in [2.24, 2.45) is 5.73 Å². The normalized spacial score (nSPS) is 13.5. The Morgan fingerprint density at radius 1 is 0.952 bits per heavy atom. The van der Waals surface area contributed by atoms with E-state index in [1.165, 1.54) is 5.56 Å². The summed E-state index contributed by atoms with van der Waals surface area (Å²) in [4.78, 5) is 0. The number of rotatable bonds is 6. The van der Waals surface area contributed by atoms with Crippen molar-refractivity contribution in [1.29, 1.82) is 0 Å². The monoisotopic (exact) mass is 285 g/mol. The summed E-state index contributed by atoms with van der Waals surface area (Å²) in [6.45, 7) is 2.06. The fraction of sp³-hybridized carbons (Fsp3) is 0.333. The third-order valence-electron chi connectivity index (χ3n) is 3.82. The molecule has 1 atom stereocenters. The van der Waals surface area contributed by atoms with E-state index >= 15 is 0 Å². The second-order valence-electron chi connectivity index (χ2n) is 5.50. The zero-order valence-electron chi connectivity index (χ0n) is 12.9. The molecule has 0 heterocycles. The highest BCUT2D eigenvalue weighted by Gasteiger charge is 2.21. The van der Waals surface area contributed by atoms with Gasteiger partial charge in [0.25, 0.3) is 0 Å². The van der Waals surface area contributed by atoms with Crippen LogP contribution in [-0.4, -0.2) is 14.2 Å². The molecule has 0 amide bonds. The predicted molar refractivity (Wildman–Crippen MR) is 85.8 cm³/mol. The van der Waals surface area contributed by atoms with E-state index < -0.39 is 0 Å². The molecule has 0 spiro atoms. The van der Waals surface area contributed by atoms with Crippen LogP contribution >= 0.6 is 0 Å². The van der Waals surface area contributed by atoms with Crippen molar-refractivity contribution in [3.63, 3.8) is 0 Å². The molecule has 0 saturated heterocycles. The number of hydrogen-bond acceptors (Lipinski definition) is 3. The quantitative estimate of drug-likeness (QED) is 0.883. The SMILES string of the molecule is COc1ccc(CCC(C)(N)c2cccc(OC)c2)cc1. The summed E-state index contributed by atoms with van der Waals surface area (Å²) < 4.78 is 10.4. The summed E-state index contributed by atoms with van der Waals surface area (Å²) in [6.07, 6.45) is 1.79. The number of benzene rings is 2. The third kappa shape index (κ3) is 3.99. The topological polar surface area (TPSA) is 44.5 Å². The number of methoxy groups -OCH3 is 2. The van der Waals surface area contributed by atoms with Gasteiger partial charge in [-0.1, -0.05) is 24.3 Å². The van der Waals surface area contributed by atoms with Gasteiger partial charge >= 0.3 is 0 Å². The number of nitrogens with two attached hydrogens (primary N) is 1. The van der Waals surface area contributed by atoms with Crippen LogP contribution < -0.4 is 15.2 Å². The molecule has 0 saturated carbocycles. The second-order valence-corrected chi connectivity index (χ2v) is 5.50. The van der Waals surface area contributed by atoms with Gasteiger partial charge in [0.1, 0.15) is 11.5 Å². The predicted octanol–water partition coefficient (Wildman–Crippen LogP) is 3.51. The van der Waals surface area contributed by atoms with Gasteiger partial charge in [-0.2, -0.15) is 0 Å². The van der Waals surface area contributed by atoms with E-state index in [0.717, 1.165) is 29.9 Å². The van der Waals surface area contributed by atoms with Gasteiger partial charge in [0.2, 0.25) is 0 Å². The van der Waals surface area contributed by atoms with Gasteiger partial charge in [-0.25, -0.2) is 0 Å². The van der Waals surface area contributed by atoms with Gasteiger partial charge in [0.15, 0.2) is 0 Å². The van der Waals surface area contributed by atoms with Crippen molar-refractivity contribution < 1.29 is 9.47 Å². The Bertz CT molecular complexity index is 576. The molecule has 0 aromatic heterocycles. The van der Waals surface area contributed by atoms with Crippen molar-refractivity contribution in [2.45, 2.75) is 25.3 Å². The van der Waals surface area contributed by atoms with E-state index in [1.807, 2.05) is 30.3 Å². The molecule has 3 heteroatoms. The summed E-state index contributed by atoms with van der Waals surface area (Å²) in [6, 6.07) is 16.1. The van der Waals surface area contributed by atoms with Gasteiger partial charge in [-0.3, -0.25) is 0 Å². The maximum Gasteiger partial charge on any atom is 0.119 e. The van der Waals surface area contributed by atoms with Crippen molar-refractivity contribution in [1.82, 2.24) is 0 Å². The van der Waals surface area contributed by atoms with Crippen LogP contribution in [0.5, 0.6) is 11.5 Å². The fourth-order valence-corrected chi connectivity index (χ4v) is 2.32. The van der Waals surface area contributed by atoms with Crippen LogP contribution in [0.1, 0.15) is 24.5 Å². The first-order valence-electron chi connectivity index (χ1n) is 7.11. The molecule has 2 rings (SSSR count). The largest absolute Gasteiger partial charge is 0.497 e. The molecule has 0 radical (unpaired) electrons. The first-order chi connectivity index (χ1) is 10.0. The minimum Gasteiger partial charge on any atom is -0.497 e. The number of aryl methyl sites for hydroxylation is 1. The van der Waals surface area contributed by atoms with Crippen LogP contribution in [0.3, 0.4) is 0 Å². The van der Waals surface area contributed by atoms with Gasteiger partial charge < -0.3 is 15.2 Å². The van der Waals surface area contributed by atoms with Crippen LogP contribution in [0.15, 0.2) is 48.5 Å². The van der Waals surface area contributed by atoms with E-state index in [9.17, 15) is 0 Å². The lowest BCUT2D eigenvalue weighted by molar-refractivity contribution is 0.407. The van der Waals surface area contributed by atoms with Crippen molar-refractivity contribution >= 4 is 0 Å². The van der Waals surface area contributed by atoms with Crippen molar-refractivity contribution in [3.8, 4) is 11.5 Å². The van der Waals surface area contributed by atoms with E-state index in [4.69, 9.17) is 15.2 Å². The lowest BCUT2D eigenvalue weighted by Crippen LogP contribution is -2.33. The third-order valence-corrected chi connectivity index (χ3v) is 3.82. The smallest absolute Gasteiger partial charge is 0.119 e. The minimum atomic E-state index is -0.380. The molecule has 112 valence electrons. The van der Waals surface area contributed by atoms with Crippen LogP contribution in [0.2, 0.25) is 0 Å². The first-order valence-corrected chi connectivity index (χ1v) is 7.11. The molecule has 0 aliphatic rings. The summed E-state index contributed by atoms with van der Waals surface area (Å²) >= 11 is 0. The molecular formula is C18H23NO2. The zero-order chi connectivity index (χ0) is 15.3. The molecule has 1 unspecified atom stereocenters. The molecule has 2 N–H and O–H groups in total. The van der Waals surface area contributed by atoms with Gasteiger partial charge in [-0.05, 0) is 55.2 Å². The Morgan fingerprint density at radius 2 is 1.62 bits per heavy atom. The second kappa shape index (κ2) is 6.64. The zero-order valence-corrected chi connectivity index (χ0v) is 12.9. The molecule has 0 aliphatic heterocycles. The van der Waals surface area contributed by atoms with Gasteiger partial charge in [0.05, 0.1) is 14.2 Å². The standard InChI is InChI=1S/C18H23NO2/c1-18(19,15-5-4-6-17(13-15)21-3)12-11-14-7-9-16(20-2)10-8-14/h4-10,13H,11-12,19H2,1-3H3. The molecule has 0 aliphatic carbocycles. The molecule has 0 fully saturated rings. The van der Waals surface area contributed by atoms with E-state index in [-0.39, 0.29) is 5.54 Å². The minimum absolute atomic E-state index is 0.380. The summed E-state index contributed by atoms with van der Waals surface area (Å²) in [5, 5.41) is 0. The fourth-order valence-electron chi connectivity index (χ4n) is 2.32. The summed E-state index contributed by atoms with van der Waals surface area (Å²) in [5.74, 6) is 1.72. The highest BCUT2D eigenvalue weighted by atomic mass is 16.5. The van der Waals surface area contributed by atoms with E-state index in [1.54, 1.807) is 14.2 Å². The lowest BCUT2D eigenvalue weighted by atomic mass is 9.87. The highest BCUT2D eigenvalue weighted by molar-refractivity contribution is 5.33. The lowest BCUT2D eigenvalue weighted by Gasteiger charge is -2.25. The molecule has 2 aromatic rings. The Balaban J connectivity index is 2.05. The highest BCUT2D eigenvalue weighted by Crippen LogP contribution is 2.27. The Labute approximate surface area is 126 Å². The Kier molecular flexibility index (Phi) is 4.86. The molecule has 3 nitrogen and oxygen atoms in total. The molecule has 0 bridgehead atoms. The van der Waals surface area contributed by atoms with Gasteiger partial charge in [0, 0.05) is 5.54 Å². The van der Waals surface area contributed by atoms with Crippen LogP contribution in [0.4, 0.5) is 0 Å². The maximum absolute atomic E-state index is 6.49. The molecule has 21 heavy (non-hydrogen) atoms. The van der Waals surface area contributed by atoms with Gasteiger partial charge in [-0.15, -0.1) is 0 Å². The molecular weight excluding hydrogens is 262 g/mol. The molecule has 2 aromatic carbocycles. The van der Waals surface area contributed by atoms with E-state index in [2.05, 4.69) is 25.1 Å². The average molecular weight is 285 g/mol. The van der Waals surface area contributed by atoms with Crippen molar-refractivity contribution in [3.05, 3.63) is 59.7 Å². The first kappa shape index (κ1) is 15.4. The van der Waals surface area contributed by atoms with Crippen molar-refractivity contribution in [2.75, 3.05) is 14.2 Å². The van der Waals surface area contributed by atoms with Crippen LogP contribution in [0, 0.1) is 0 Å². The maximum atomic E-state index is 6.49. The average Bonchev–Trinajstić information content (AvgIpc) is 2.53. The van der Waals surface area contributed by atoms with E-state index in [0.29, 0.717) is 0 Å². The Morgan fingerprint density at radius 3 is 2.24 bits per heavy atom. The van der Waals surface area contributed by atoms with Crippen LogP contribution in [0.25, 0.3) is 0 Å².